The van der Waals surface area contributed by atoms with Gasteiger partial charge in [0.25, 0.3) is 0 Å². The Morgan fingerprint density at radius 2 is 1.79 bits per heavy atom. The molecule has 0 bridgehead atoms. The van der Waals surface area contributed by atoms with Gasteiger partial charge in [-0.2, -0.15) is 0 Å². The number of hydrogen-bond donors (Lipinski definition) is 1. The minimum Gasteiger partial charge on any atom is -0.466 e. The fraction of sp³-hybridized carbons (Fsp3) is 0.500. The van der Waals surface area contributed by atoms with Crippen LogP contribution in [-0.2, 0) is 25.7 Å². The van der Waals surface area contributed by atoms with Gasteiger partial charge < -0.3 is 10.5 Å². The monoisotopic (exact) mass is 345 g/mol. The smallest absolute Gasteiger partial charge is 0.313 e. The summed E-state index contributed by atoms with van der Waals surface area (Å²) in [6, 6.07) is 4.64. The largest absolute Gasteiger partial charge is 0.466 e. The molecule has 6 heteroatoms. The third kappa shape index (κ3) is 11.5. The molecule has 0 fully saturated rings. The summed E-state index contributed by atoms with van der Waals surface area (Å²) in [5.74, 6) is -1.18. The lowest BCUT2D eigenvalue weighted by Crippen LogP contribution is -2.13. The molecule has 2 N–H and O–H groups in total. The summed E-state index contributed by atoms with van der Waals surface area (Å²) < 4.78 is 18.3. The maximum atomic E-state index is 13.4. The van der Waals surface area contributed by atoms with E-state index in [1.54, 1.807) is 26.0 Å². The number of carbonyl (C=O) groups excluding carboxylic acids is 3. The number of nitrogens with two attached hydrogens (primary N) is 1. The quantitative estimate of drug-likeness (QED) is 0.500. The van der Waals surface area contributed by atoms with Crippen molar-refractivity contribution in [3.05, 3.63) is 35.1 Å². The Balaban J connectivity index is -0.000000211. The summed E-state index contributed by atoms with van der Waals surface area (Å²) in [6.45, 7) is 8.16. The first kappa shape index (κ1) is 26.8. The highest BCUT2D eigenvalue weighted by atomic mass is 19.1. The van der Waals surface area contributed by atoms with E-state index in [-0.39, 0.29) is 39.8 Å². The average molecular weight is 345 g/mol. The van der Waals surface area contributed by atoms with Crippen molar-refractivity contribution < 1.29 is 24.9 Å². The molecule has 1 unspecified atom stereocenters. The predicted octanol–water partition coefficient (Wildman–Crippen LogP) is 3.63. The number of benzene rings is 1. The molecule has 0 saturated heterocycles. The molecule has 140 valence electrons. The highest BCUT2D eigenvalue weighted by Crippen LogP contribution is 2.19. The molecule has 5 nitrogen and oxygen atoms in total. The van der Waals surface area contributed by atoms with Crippen LogP contribution < -0.4 is 5.73 Å². The summed E-state index contributed by atoms with van der Waals surface area (Å²) in [5.41, 5.74) is 6.40. The van der Waals surface area contributed by atoms with Crippen LogP contribution in [0.4, 0.5) is 4.39 Å². The Bertz CT molecular complexity index is 478. The SMILES string of the molecule is C.CCC.CCOC(=O)C(C)c1ccc(CN)c(F)c1.O=CC=O.[HH]. The molecule has 0 spiro atoms. The van der Waals surface area contributed by atoms with Crippen LogP contribution in [0.5, 0.6) is 0 Å². The molecule has 0 aliphatic carbocycles. The lowest BCUT2D eigenvalue weighted by Gasteiger charge is -2.11. The van der Waals surface area contributed by atoms with Gasteiger partial charge in [-0.15, -0.1) is 0 Å². The van der Waals surface area contributed by atoms with Crippen LogP contribution in [0.15, 0.2) is 18.2 Å². The second-order valence-electron chi connectivity index (χ2n) is 4.51. The van der Waals surface area contributed by atoms with Crippen LogP contribution in [0.3, 0.4) is 0 Å². The van der Waals surface area contributed by atoms with Gasteiger partial charge in [-0.25, -0.2) is 4.39 Å². The molecule has 0 aromatic heterocycles. The van der Waals surface area contributed by atoms with E-state index in [2.05, 4.69) is 13.8 Å². The lowest BCUT2D eigenvalue weighted by atomic mass is 9.99. The van der Waals surface area contributed by atoms with Crippen molar-refractivity contribution in [3.8, 4) is 0 Å². The van der Waals surface area contributed by atoms with Crippen molar-refractivity contribution in [2.45, 2.75) is 54.0 Å². The van der Waals surface area contributed by atoms with E-state index < -0.39 is 5.92 Å². The molecule has 0 aliphatic rings. The molecule has 0 saturated carbocycles. The average Bonchev–Trinajstić information content (AvgIpc) is 2.55. The van der Waals surface area contributed by atoms with E-state index in [1.807, 2.05) is 0 Å². The molecule has 0 aliphatic heterocycles. The molecule has 24 heavy (non-hydrogen) atoms. The van der Waals surface area contributed by atoms with E-state index in [9.17, 15) is 9.18 Å². The summed E-state index contributed by atoms with van der Waals surface area (Å²) in [6.07, 6.45) is 1.64. The van der Waals surface area contributed by atoms with Crippen molar-refractivity contribution in [1.29, 1.82) is 0 Å². The van der Waals surface area contributed by atoms with Crippen molar-refractivity contribution >= 4 is 18.5 Å². The molecule has 0 heterocycles. The number of halogens is 1. The first-order valence-corrected chi connectivity index (χ1v) is 7.47. The van der Waals surface area contributed by atoms with Gasteiger partial charge in [0.2, 0.25) is 0 Å². The second kappa shape index (κ2) is 17.3. The van der Waals surface area contributed by atoms with Gasteiger partial charge in [0.05, 0.1) is 12.5 Å². The summed E-state index contributed by atoms with van der Waals surface area (Å²) in [5, 5.41) is 0. The van der Waals surface area contributed by atoms with Crippen LogP contribution in [-0.4, -0.2) is 25.1 Å². The Kier molecular flexibility index (Phi) is 19.3. The van der Waals surface area contributed by atoms with Gasteiger partial charge in [-0.05, 0) is 25.5 Å². The lowest BCUT2D eigenvalue weighted by molar-refractivity contribution is -0.144. The zero-order valence-electron chi connectivity index (χ0n) is 14.2. The van der Waals surface area contributed by atoms with E-state index in [0.717, 1.165) is 0 Å². The molecule has 0 radical (unpaired) electrons. The van der Waals surface area contributed by atoms with Crippen LogP contribution in [0.1, 0.15) is 60.0 Å². The Morgan fingerprint density at radius 1 is 1.29 bits per heavy atom. The van der Waals surface area contributed by atoms with Gasteiger partial charge in [0.1, 0.15) is 5.82 Å². The molecule has 1 rings (SSSR count). The third-order valence-corrected chi connectivity index (χ3v) is 2.49. The van der Waals surface area contributed by atoms with Gasteiger partial charge in [-0.3, -0.25) is 14.4 Å². The minimum absolute atomic E-state index is 0. The van der Waals surface area contributed by atoms with Crippen molar-refractivity contribution in [1.82, 2.24) is 0 Å². The zero-order valence-corrected chi connectivity index (χ0v) is 14.2. The van der Waals surface area contributed by atoms with Crippen LogP contribution in [0.2, 0.25) is 0 Å². The molecular weight excluding hydrogens is 313 g/mol. The number of hydrogen-bond acceptors (Lipinski definition) is 5. The molecule has 1 atom stereocenters. The summed E-state index contributed by atoms with van der Waals surface area (Å²) >= 11 is 0. The second-order valence-corrected chi connectivity index (χ2v) is 4.51. The zero-order chi connectivity index (χ0) is 18.3. The first-order valence-electron chi connectivity index (χ1n) is 7.47. The van der Waals surface area contributed by atoms with Crippen molar-refractivity contribution in [3.63, 3.8) is 0 Å². The number of esters is 1. The minimum atomic E-state index is -0.457. The van der Waals surface area contributed by atoms with Gasteiger partial charge in [0, 0.05) is 13.5 Å². The number of ether oxygens (including phenoxy) is 1. The van der Waals surface area contributed by atoms with Crippen LogP contribution in [0, 0.1) is 5.82 Å². The fourth-order valence-electron chi connectivity index (χ4n) is 1.40. The topological polar surface area (TPSA) is 86.5 Å². The highest BCUT2D eigenvalue weighted by molar-refractivity contribution is 6.09. The highest BCUT2D eigenvalue weighted by Gasteiger charge is 2.17. The van der Waals surface area contributed by atoms with Crippen molar-refractivity contribution in [2.24, 2.45) is 5.73 Å². The third-order valence-electron chi connectivity index (χ3n) is 2.49. The molecule has 1 aromatic rings. The van der Waals surface area contributed by atoms with Crippen LogP contribution >= 0.6 is 0 Å². The maximum Gasteiger partial charge on any atom is 0.313 e. The number of rotatable bonds is 5. The summed E-state index contributed by atoms with van der Waals surface area (Å²) in [4.78, 5) is 29.1. The van der Waals surface area contributed by atoms with E-state index >= 15 is 0 Å². The van der Waals surface area contributed by atoms with E-state index in [1.165, 1.54) is 12.5 Å². The Labute approximate surface area is 145 Å². The maximum absolute atomic E-state index is 13.4. The number of carbonyl (C=O) groups is 3. The van der Waals surface area contributed by atoms with Gasteiger partial charge >= 0.3 is 5.97 Å². The fourth-order valence-corrected chi connectivity index (χ4v) is 1.40. The van der Waals surface area contributed by atoms with E-state index in [0.29, 0.717) is 17.7 Å². The van der Waals surface area contributed by atoms with E-state index in [4.69, 9.17) is 20.1 Å². The Hall–Kier alpha value is -2.08. The van der Waals surface area contributed by atoms with Gasteiger partial charge in [-0.1, -0.05) is 39.8 Å². The standard InChI is InChI=1S/C12H16FNO2.C3H8.C2H2O2.CH4.H2/c1-3-16-12(15)8(2)9-4-5-10(7-14)11(13)6-9;1-3-2;3-1-2-4;;/h4-6,8H,3,7,14H2,1-2H3;3H2,1-2H3;1-2H;1H4;1H. The van der Waals surface area contributed by atoms with Gasteiger partial charge in [0.15, 0.2) is 12.6 Å². The number of aldehydes is 2. The van der Waals surface area contributed by atoms with Crippen molar-refractivity contribution in [2.75, 3.05) is 6.61 Å². The molecule has 0 amide bonds. The Morgan fingerprint density at radius 3 is 2.12 bits per heavy atom. The molecule has 1 aromatic carbocycles. The predicted molar refractivity (Wildman–Crippen MR) is 96.3 cm³/mol. The normalized spacial score (nSPS) is 9.75. The first-order chi connectivity index (χ1) is 10.9. The summed E-state index contributed by atoms with van der Waals surface area (Å²) in [7, 11) is 0. The van der Waals surface area contributed by atoms with Crippen LogP contribution in [0.25, 0.3) is 0 Å². The molecular formula is C18H32FNO4.